The molecule has 3 aromatic rings. The van der Waals surface area contributed by atoms with Crippen molar-refractivity contribution in [3.05, 3.63) is 62.9 Å². The molecule has 0 bridgehead atoms. The highest BCUT2D eigenvalue weighted by molar-refractivity contribution is 6.30. The number of halogens is 6. The number of H-pyrrole nitrogens is 1. The van der Waals surface area contributed by atoms with Crippen LogP contribution in [-0.2, 0) is 6.18 Å². The summed E-state index contributed by atoms with van der Waals surface area (Å²) in [4.78, 5) is 18.0. The molecule has 3 nitrogen and oxygen atoms in total. The minimum Gasteiger partial charge on any atom is -0.306 e. The lowest BCUT2D eigenvalue weighted by Gasteiger charge is -2.11. The van der Waals surface area contributed by atoms with Gasteiger partial charge < -0.3 is 4.98 Å². The van der Waals surface area contributed by atoms with Crippen LogP contribution in [0.1, 0.15) is 5.56 Å². The number of alkyl halides is 3. The van der Waals surface area contributed by atoms with E-state index in [2.05, 4.69) is 9.97 Å². The van der Waals surface area contributed by atoms with Gasteiger partial charge in [0.05, 0.1) is 11.1 Å². The summed E-state index contributed by atoms with van der Waals surface area (Å²) >= 11 is 5.73. The van der Waals surface area contributed by atoms with Gasteiger partial charge in [-0.3, -0.25) is 4.79 Å². The van der Waals surface area contributed by atoms with Crippen LogP contribution in [0.3, 0.4) is 0 Å². The second-order valence-electron chi connectivity index (χ2n) is 4.87. The molecule has 0 saturated heterocycles. The number of aromatic amines is 1. The summed E-state index contributed by atoms with van der Waals surface area (Å²) in [5.41, 5.74) is -3.17. The third-order valence-electron chi connectivity index (χ3n) is 3.30. The molecular weight excluding hydrogens is 355 g/mol. The van der Waals surface area contributed by atoms with Crippen molar-refractivity contribution in [2.75, 3.05) is 0 Å². The number of nitrogens with one attached hydrogen (secondary N) is 1. The Balaban J connectivity index is 2.33. The molecule has 0 saturated carbocycles. The summed E-state index contributed by atoms with van der Waals surface area (Å²) in [6, 6.07) is 6.21. The molecular formula is C15H6ClF5N2O. The quantitative estimate of drug-likeness (QED) is 0.648. The van der Waals surface area contributed by atoms with E-state index in [4.69, 9.17) is 11.6 Å². The van der Waals surface area contributed by atoms with Crippen LogP contribution in [0.15, 0.2) is 35.1 Å². The molecule has 1 N–H and O–H groups in total. The zero-order valence-corrected chi connectivity index (χ0v) is 12.3. The number of hydrogen-bond acceptors (Lipinski definition) is 2. The number of benzene rings is 2. The van der Waals surface area contributed by atoms with E-state index >= 15 is 0 Å². The maximum Gasteiger partial charge on any atom is 0.419 e. The lowest BCUT2D eigenvalue weighted by atomic mass is 10.1. The Kier molecular flexibility index (Phi) is 3.79. The second kappa shape index (κ2) is 5.55. The fraction of sp³-hybridized carbons (Fsp3) is 0.0667. The van der Waals surface area contributed by atoms with Gasteiger partial charge in [-0.2, -0.15) is 13.2 Å². The molecule has 0 unspecified atom stereocenters. The molecule has 1 aromatic heterocycles. The van der Waals surface area contributed by atoms with E-state index in [1.807, 2.05) is 0 Å². The van der Waals surface area contributed by atoms with Gasteiger partial charge >= 0.3 is 6.18 Å². The van der Waals surface area contributed by atoms with Crippen molar-refractivity contribution in [3.8, 4) is 11.4 Å². The predicted octanol–water partition coefficient (Wildman–Crippen LogP) is 4.54. The second-order valence-corrected chi connectivity index (χ2v) is 5.30. The Hall–Kier alpha value is -2.48. The number of fused-ring (bicyclic) bond motifs is 1. The van der Waals surface area contributed by atoms with Crippen LogP contribution in [0.5, 0.6) is 0 Å². The van der Waals surface area contributed by atoms with E-state index < -0.39 is 39.8 Å². The molecule has 0 aliphatic carbocycles. The van der Waals surface area contributed by atoms with Crippen LogP contribution < -0.4 is 5.56 Å². The monoisotopic (exact) mass is 360 g/mol. The van der Waals surface area contributed by atoms with E-state index in [1.165, 1.54) is 24.3 Å². The van der Waals surface area contributed by atoms with Gasteiger partial charge in [-0.1, -0.05) is 11.6 Å². The molecule has 0 amide bonds. The highest BCUT2D eigenvalue weighted by Crippen LogP contribution is 2.34. The van der Waals surface area contributed by atoms with Gasteiger partial charge in [0, 0.05) is 10.6 Å². The highest BCUT2D eigenvalue weighted by Gasteiger charge is 2.37. The summed E-state index contributed by atoms with van der Waals surface area (Å²) in [6.07, 6.45) is -5.12. The molecule has 124 valence electrons. The van der Waals surface area contributed by atoms with Crippen molar-refractivity contribution < 1.29 is 22.0 Å². The van der Waals surface area contributed by atoms with Gasteiger partial charge in [-0.05, 0) is 30.3 Å². The molecule has 3 rings (SSSR count). The molecule has 0 aliphatic heterocycles. The molecule has 24 heavy (non-hydrogen) atoms. The average molecular weight is 361 g/mol. The van der Waals surface area contributed by atoms with E-state index in [0.29, 0.717) is 16.7 Å². The lowest BCUT2D eigenvalue weighted by molar-refractivity contribution is -0.140. The van der Waals surface area contributed by atoms with Crippen LogP contribution in [0, 0.1) is 11.6 Å². The maximum atomic E-state index is 13.9. The Morgan fingerprint density at radius 2 is 1.67 bits per heavy atom. The van der Waals surface area contributed by atoms with E-state index in [-0.39, 0.29) is 5.82 Å². The van der Waals surface area contributed by atoms with E-state index in [1.54, 1.807) is 0 Å². The average Bonchev–Trinajstić information content (AvgIpc) is 2.49. The van der Waals surface area contributed by atoms with Crippen molar-refractivity contribution in [2.24, 2.45) is 0 Å². The van der Waals surface area contributed by atoms with Gasteiger partial charge in [-0.25, -0.2) is 13.8 Å². The zero-order valence-electron chi connectivity index (χ0n) is 11.5. The topological polar surface area (TPSA) is 45.8 Å². The molecule has 0 aliphatic rings. The van der Waals surface area contributed by atoms with Gasteiger partial charge in [0.25, 0.3) is 5.56 Å². The molecule has 2 aromatic carbocycles. The van der Waals surface area contributed by atoms with Crippen LogP contribution in [0.25, 0.3) is 22.3 Å². The number of aromatic nitrogens is 2. The first-order valence-electron chi connectivity index (χ1n) is 6.43. The summed E-state index contributed by atoms with van der Waals surface area (Å²) < 4.78 is 65.8. The molecule has 9 heteroatoms. The Labute approximate surface area is 135 Å². The Morgan fingerprint density at radius 3 is 2.25 bits per heavy atom. The summed E-state index contributed by atoms with van der Waals surface area (Å²) in [6.45, 7) is 0. The van der Waals surface area contributed by atoms with Gasteiger partial charge in [0.2, 0.25) is 0 Å². The SMILES string of the molecule is O=c1[nH]c(-c2ccc(Cl)cc2)nc2cc(C(F)(F)F)c(F)c(F)c12. The van der Waals surface area contributed by atoms with E-state index in [0.717, 1.165) is 0 Å². The maximum absolute atomic E-state index is 13.9. The van der Waals surface area contributed by atoms with Crippen molar-refractivity contribution in [2.45, 2.75) is 6.18 Å². The number of rotatable bonds is 1. The first-order chi connectivity index (χ1) is 11.2. The molecule has 1 heterocycles. The van der Waals surface area contributed by atoms with E-state index in [9.17, 15) is 26.7 Å². The first kappa shape index (κ1) is 16.4. The van der Waals surface area contributed by atoms with Crippen LogP contribution in [0.2, 0.25) is 5.02 Å². The summed E-state index contributed by atoms with van der Waals surface area (Å²) in [5, 5.41) is -0.479. The van der Waals surface area contributed by atoms with Crippen LogP contribution in [-0.4, -0.2) is 9.97 Å². The number of hydrogen-bond donors (Lipinski definition) is 1. The fourth-order valence-electron chi connectivity index (χ4n) is 2.19. The lowest BCUT2D eigenvalue weighted by Crippen LogP contribution is -2.16. The molecule has 0 spiro atoms. The summed E-state index contributed by atoms with van der Waals surface area (Å²) in [5.74, 6) is -4.12. The largest absolute Gasteiger partial charge is 0.419 e. The third-order valence-corrected chi connectivity index (χ3v) is 3.55. The van der Waals surface area contributed by atoms with Crippen molar-refractivity contribution in [3.63, 3.8) is 0 Å². The minimum absolute atomic E-state index is 0.0942. The van der Waals surface area contributed by atoms with Crippen molar-refractivity contribution >= 4 is 22.5 Å². The smallest absolute Gasteiger partial charge is 0.306 e. The van der Waals surface area contributed by atoms with Gasteiger partial charge in [0.15, 0.2) is 11.6 Å². The van der Waals surface area contributed by atoms with Crippen LogP contribution in [0.4, 0.5) is 22.0 Å². The first-order valence-corrected chi connectivity index (χ1v) is 6.81. The minimum atomic E-state index is -5.12. The van der Waals surface area contributed by atoms with Gasteiger partial charge in [-0.15, -0.1) is 0 Å². The Morgan fingerprint density at radius 1 is 1.04 bits per heavy atom. The van der Waals surface area contributed by atoms with Crippen molar-refractivity contribution in [1.82, 2.24) is 9.97 Å². The highest BCUT2D eigenvalue weighted by atomic mass is 35.5. The van der Waals surface area contributed by atoms with Gasteiger partial charge in [0.1, 0.15) is 11.2 Å². The normalized spacial score (nSPS) is 11.9. The summed E-state index contributed by atoms with van der Waals surface area (Å²) in [7, 11) is 0. The zero-order chi connectivity index (χ0) is 17.6. The molecule has 0 atom stereocenters. The predicted molar refractivity (Wildman–Crippen MR) is 77.7 cm³/mol. The van der Waals surface area contributed by atoms with Crippen molar-refractivity contribution in [1.29, 1.82) is 0 Å². The molecule has 0 radical (unpaired) electrons. The van der Waals surface area contributed by atoms with Crippen LogP contribution >= 0.6 is 11.6 Å². The standard InChI is InChI=1S/C15H6ClF5N2O/c16-7-3-1-6(2-4-7)13-22-9-5-8(15(19,20)21)11(17)12(18)10(9)14(24)23-13/h1-5H,(H,22,23,24). The Bertz CT molecular complexity index is 996. The number of nitrogens with zero attached hydrogens (tertiary/aromatic N) is 1. The molecule has 0 fully saturated rings. The third kappa shape index (κ3) is 2.73. The fourth-order valence-corrected chi connectivity index (χ4v) is 2.31.